The van der Waals surface area contributed by atoms with E-state index in [0.717, 1.165) is 16.7 Å². The van der Waals surface area contributed by atoms with Gasteiger partial charge in [0, 0.05) is 25.0 Å². The second-order valence-electron chi connectivity index (χ2n) is 4.04. The predicted molar refractivity (Wildman–Crippen MR) is 76.7 cm³/mol. The van der Waals surface area contributed by atoms with Crippen LogP contribution in [0.2, 0.25) is 0 Å². The highest BCUT2D eigenvalue weighted by molar-refractivity contribution is 6.09. The summed E-state index contributed by atoms with van der Waals surface area (Å²) in [5.74, 6) is -0.412. The van der Waals surface area contributed by atoms with Crippen LogP contribution in [0.25, 0.3) is 5.57 Å². The lowest BCUT2D eigenvalue weighted by Crippen LogP contribution is -2.33. The van der Waals surface area contributed by atoms with Crippen molar-refractivity contribution in [2.24, 2.45) is 16.5 Å². The van der Waals surface area contributed by atoms with Gasteiger partial charge >= 0.3 is 5.97 Å². The molecule has 102 valence electrons. The summed E-state index contributed by atoms with van der Waals surface area (Å²) in [6.07, 6.45) is 3.63. The van der Waals surface area contributed by atoms with Crippen LogP contribution < -0.4 is 11.5 Å². The number of rotatable bonds is 5. The summed E-state index contributed by atoms with van der Waals surface area (Å²) < 4.78 is 4.59. The summed E-state index contributed by atoms with van der Waals surface area (Å²) in [6.45, 7) is 0. The van der Waals surface area contributed by atoms with E-state index in [0.29, 0.717) is 6.42 Å². The standard InChI is InChI=1S/C14H19N3O2/c1-17-9-12(8-15)11-5-3-10(4-6-11)7-13(16)14(18)19-2/h3-6,8-9,13H,7,15-16H2,1-2H3/b12-8+,17-9?. The van der Waals surface area contributed by atoms with Crippen LogP contribution in [-0.4, -0.2) is 32.4 Å². The molecular formula is C14H19N3O2. The van der Waals surface area contributed by atoms with E-state index in [1.165, 1.54) is 13.3 Å². The molecule has 1 rings (SSSR count). The van der Waals surface area contributed by atoms with Crippen LogP contribution in [0.5, 0.6) is 0 Å². The fraction of sp³-hybridized carbons (Fsp3) is 0.286. The molecule has 1 aromatic rings. The first-order chi connectivity index (χ1) is 9.12. The highest BCUT2D eigenvalue weighted by Gasteiger charge is 2.14. The van der Waals surface area contributed by atoms with E-state index in [1.807, 2.05) is 24.3 Å². The Balaban J connectivity index is 2.79. The third-order valence-electron chi connectivity index (χ3n) is 2.69. The monoisotopic (exact) mass is 261 g/mol. The third kappa shape index (κ3) is 4.22. The van der Waals surface area contributed by atoms with E-state index in [1.54, 1.807) is 13.3 Å². The van der Waals surface area contributed by atoms with Crippen molar-refractivity contribution in [3.05, 3.63) is 41.6 Å². The second kappa shape index (κ2) is 7.33. The maximum Gasteiger partial charge on any atom is 0.322 e. The Morgan fingerprint density at radius 2 is 2.05 bits per heavy atom. The molecule has 1 aromatic carbocycles. The Hall–Kier alpha value is -2.14. The molecule has 0 radical (unpaired) electrons. The fourth-order valence-electron chi connectivity index (χ4n) is 1.67. The number of carbonyl (C=O) groups is 1. The van der Waals surface area contributed by atoms with Gasteiger partial charge in [-0.3, -0.25) is 9.79 Å². The van der Waals surface area contributed by atoms with Gasteiger partial charge in [0.1, 0.15) is 6.04 Å². The number of carbonyl (C=O) groups excluding carboxylic acids is 1. The molecule has 0 aliphatic rings. The van der Waals surface area contributed by atoms with Crippen LogP contribution in [0.3, 0.4) is 0 Å². The first kappa shape index (κ1) is 14.9. The summed E-state index contributed by atoms with van der Waals surface area (Å²) in [6, 6.07) is 7.01. The lowest BCUT2D eigenvalue weighted by atomic mass is 10.0. The van der Waals surface area contributed by atoms with Crippen molar-refractivity contribution < 1.29 is 9.53 Å². The molecule has 1 atom stereocenters. The zero-order valence-corrected chi connectivity index (χ0v) is 11.2. The molecule has 0 spiro atoms. The van der Waals surface area contributed by atoms with Gasteiger partial charge in [0.2, 0.25) is 0 Å². The van der Waals surface area contributed by atoms with E-state index < -0.39 is 12.0 Å². The number of hydrogen-bond acceptors (Lipinski definition) is 5. The number of methoxy groups -OCH3 is 1. The van der Waals surface area contributed by atoms with E-state index in [2.05, 4.69) is 9.73 Å². The topological polar surface area (TPSA) is 90.7 Å². The third-order valence-corrected chi connectivity index (χ3v) is 2.69. The van der Waals surface area contributed by atoms with Gasteiger partial charge in [0.15, 0.2) is 0 Å². The first-order valence-corrected chi connectivity index (χ1v) is 5.89. The zero-order chi connectivity index (χ0) is 14.3. The highest BCUT2D eigenvalue weighted by Crippen LogP contribution is 2.13. The van der Waals surface area contributed by atoms with E-state index in [4.69, 9.17) is 11.5 Å². The number of aliphatic imine (C=N–C) groups is 1. The number of esters is 1. The molecular weight excluding hydrogens is 242 g/mol. The van der Waals surface area contributed by atoms with Crippen molar-refractivity contribution in [3.8, 4) is 0 Å². The summed E-state index contributed by atoms with van der Waals surface area (Å²) in [5, 5.41) is 0. The maximum atomic E-state index is 11.2. The van der Waals surface area contributed by atoms with Crippen molar-refractivity contribution in [2.45, 2.75) is 12.5 Å². The molecule has 5 heteroatoms. The second-order valence-corrected chi connectivity index (χ2v) is 4.04. The highest BCUT2D eigenvalue weighted by atomic mass is 16.5. The maximum absolute atomic E-state index is 11.2. The van der Waals surface area contributed by atoms with Gasteiger partial charge in [-0.1, -0.05) is 24.3 Å². The van der Waals surface area contributed by atoms with Gasteiger partial charge in [-0.2, -0.15) is 0 Å². The van der Waals surface area contributed by atoms with Crippen molar-refractivity contribution >= 4 is 17.8 Å². The largest absolute Gasteiger partial charge is 0.468 e. The van der Waals surface area contributed by atoms with Crippen molar-refractivity contribution in [1.82, 2.24) is 0 Å². The van der Waals surface area contributed by atoms with Crippen LogP contribution in [0.4, 0.5) is 0 Å². The van der Waals surface area contributed by atoms with Crippen LogP contribution >= 0.6 is 0 Å². The number of nitrogens with two attached hydrogens (primary N) is 2. The average Bonchev–Trinajstić information content (AvgIpc) is 2.44. The van der Waals surface area contributed by atoms with Crippen molar-refractivity contribution in [2.75, 3.05) is 14.2 Å². The van der Waals surface area contributed by atoms with Crippen LogP contribution in [0.15, 0.2) is 35.5 Å². The SMILES string of the molecule is CN=C/C(=C\N)c1ccc(CC(N)C(=O)OC)cc1. The molecule has 19 heavy (non-hydrogen) atoms. The van der Waals surface area contributed by atoms with Gasteiger partial charge in [0.05, 0.1) is 7.11 Å². The van der Waals surface area contributed by atoms with Crippen molar-refractivity contribution in [1.29, 1.82) is 0 Å². The minimum atomic E-state index is -0.641. The molecule has 5 nitrogen and oxygen atoms in total. The molecule has 0 aromatic heterocycles. The molecule has 0 fully saturated rings. The van der Waals surface area contributed by atoms with E-state index in [-0.39, 0.29) is 0 Å². The number of nitrogens with zero attached hydrogens (tertiary/aromatic N) is 1. The van der Waals surface area contributed by atoms with Gasteiger partial charge in [-0.05, 0) is 17.5 Å². The minimum Gasteiger partial charge on any atom is -0.468 e. The van der Waals surface area contributed by atoms with Gasteiger partial charge in [-0.25, -0.2) is 0 Å². The van der Waals surface area contributed by atoms with Crippen LogP contribution in [0, 0.1) is 0 Å². The summed E-state index contributed by atoms with van der Waals surface area (Å²) in [4.78, 5) is 15.2. The molecule has 0 aliphatic carbocycles. The van der Waals surface area contributed by atoms with Crippen molar-refractivity contribution in [3.63, 3.8) is 0 Å². The fourth-order valence-corrected chi connectivity index (χ4v) is 1.67. The predicted octanol–water partition coefficient (Wildman–Crippen LogP) is 0.730. The number of hydrogen-bond donors (Lipinski definition) is 2. The number of benzene rings is 1. The van der Waals surface area contributed by atoms with Gasteiger partial charge < -0.3 is 16.2 Å². The first-order valence-electron chi connectivity index (χ1n) is 5.89. The molecule has 0 bridgehead atoms. The molecule has 0 saturated carbocycles. The van der Waals surface area contributed by atoms with Gasteiger partial charge in [0.25, 0.3) is 0 Å². The lowest BCUT2D eigenvalue weighted by molar-refractivity contribution is -0.142. The molecule has 0 heterocycles. The molecule has 0 amide bonds. The summed E-state index contributed by atoms with van der Waals surface area (Å²) in [5.41, 5.74) is 14.0. The van der Waals surface area contributed by atoms with Crippen LogP contribution in [-0.2, 0) is 16.0 Å². The average molecular weight is 261 g/mol. The lowest BCUT2D eigenvalue weighted by Gasteiger charge is -2.09. The molecule has 4 N–H and O–H groups in total. The van der Waals surface area contributed by atoms with Gasteiger partial charge in [-0.15, -0.1) is 0 Å². The molecule has 0 aliphatic heterocycles. The summed E-state index contributed by atoms with van der Waals surface area (Å²) in [7, 11) is 3.01. The zero-order valence-electron chi connectivity index (χ0n) is 11.2. The quantitative estimate of drug-likeness (QED) is 0.604. The Labute approximate surface area is 113 Å². The molecule has 1 unspecified atom stereocenters. The minimum absolute atomic E-state index is 0.412. The number of allylic oxidation sites excluding steroid dienone is 1. The van der Waals surface area contributed by atoms with Crippen LogP contribution in [0.1, 0.15) is 11.1 Å². The number of ether oxygens (including phenoxy) is 1. The van der Waals surface area contributed by atoms with E-state index in [9.17, 15) is 4.79 Å². The Kier molecular flexibility index (Phi) is 5.75. The van der Waals surface area contributed by atoms with E-state index >= 15 is 0 Å². The Morgan fingerprint density at radius 1 is 1.42 bits per heavy atom. The normalized spacial score (nSPS) is 13.5. The Morgan fingerprint density at radius 3 is 2.53 bits per heavy atom. The smallest absolute Gasteiger partial charge is 0.322 e. The molecule has 0 saturated heterocycles. The Bertz CT molecular complexity index is 478. The summed E-state index contributed by atoms with van der Waals surface area (Å²) >= 11 is 0.